The van der Waals surface area contributed by atoms with Gasteiger partial charge < -0.3 is 0 Å². The summed E-state index contributed by atoms with van der Waals surface area (Å²) in [5.41, 5.74) is 4.50. The molecule has 0 saturated carbocycles. The lowest BCUT2D eigenvalue weighted by molar-refractivity contribution is 0.102. The summed E-state index contributed by atoms with van der Waals surface area (Å²) in [7, 11) is 0. The molecular weight excluding hydrogens is 378 g/mol. The second-order valence-corrected chi connectivity index (χ2v) is 9.55. The van der Waals surface area contributed by atoms with E-state index in [-0.39, 0.29) is 11.8 Å². The summed E-state index contributed by atoms with van der Waals surface area (Å²) in [4.78, 5) is 21.3. The van der Waals surface area contributed by atoms with Crippen molar-refractivity contribution in [3.63, 3.8) is 0 Å². The fourth-order valence-electron chi connectivity index (χ4n) is 3.86. The van der Waals surface area contributed by atoms with Crippen LogP contribution in [0.5, 0.6) is 0 Å². The van der Waals surface area contributed by atoms with Gasteiger partial charge in [-0.25, -0.2) is 4.98 Å². The molecule has 1 aliphatic carbocycles. The number of nitrogens with one attached hydrogen (secondary N) is 1. The van der Waals surface area contributed by atoms with Crippen LogP contribution in [0.4, 0.5) is 5.13 Å². The van der Waals surface area contributed by atoms with Crippen LogP contribution < -0.4 is 5.32 Å². The van der Waals surface area contributed by atoms with Crippen LogP contribution in [0, 0.1) is 23.7 Å². The van der Waals surface area contributed by atoms with Gasteiger partial charge in [-0.1, -0.05) is 59.3 Å². The van der Waals surface area contributed by atoms with Gasteiger partial charge in [-0.2, -0.15) is 0 Å². The molecule has 0 fully saturated rings. The summed E-state index contributed by atoms with van der Waals surface area (Å²) in [6.45, 7) is 13.6. The van der Waals surface area contributed by atoms with Crippen molar-refractivity contribution in [2.45, 2.75) is 47.5 Å². The summed E-state index contributed by atoms with van der Waals surface area (Å²) in [5, 5.41) is 5.69. The van der Waals surface area contributed by atoms with Crippen LogP contribution in [0.1, 0.15) is 63.5 Å². The number of pyridine rings is 1. The zero-order valence-corrected chi connectivity index (χ0v) is 19.0. The van der Waals surface area contributed by atoms with Gasteiger partial charge in [0.1, 0.15) is 0 Å². The minimum Gasteiger partial charge on any atom is -0.298 e. The molecule has 2 aromatic rings. The molecule has 1 aliphatic rings. The van der Waals surface area contributed by atoms with Gasteiger partial charge in [-0.3, -0.25) is 15.1 Å². The van der Waals surface area contributed by atoms with Crippen molar-refractivity contribution in [2.24, 2.45) is 23.7 Å². The first-order valence-electron chi connectivity index (χ1n) is 10.4. The van der Waals surface area contributed by atoms with Crippen LogP contribution >= 0.6 is 11.3 Å². The third kappa shape index (κ3) is 4.84. The average molecular weight is 410 g/mol. The van der Waals surface area contributed by atoms with Gasteiger partial charge in [0.2, 0.25) is 0 Å². The molecule has 0 aliphatic heterocycles. The van der Waals surface area contributed by atoms with E-state index >= 15 is 0 Å². The number of anilines is 1. The van der Waals surface area contributed by atoms with Gasteiger partial charge in [-0.15, -0.1) is 11.3 Å². The van der Waals surface area contributed by atoms with Gasteiger partial charge in [0.25, 0.3) is 5.91 Å². The predicted molar refractivity (Wildman–Crippen MR) is 121 cm³/mol. The largest absolute Gasteiger partial charge is 0.298 e. The Morgan fingerprint density at radius 3 is 2.34 bits per heavy atom. The number of aromatic nitrogens is 2. The second-order valence-electron chi connectivity index (χ2n) is 8.69. The SMILES string of the molecule is CC(C)C1=CC(C(C)C)C(c2csc(NC(=O)c3ccncc3)n2)C(C(C)C)=C1. The molecule has 1 amide bonds. The van der Waals surface area contributed by atoms with Crippen LogP contribution in [-0.4, -0.2) is 15.9 Å². The Kier molecular flexibility index (Phi) is 6.68. The maximum Gasteiger partial charge on any atom is 0.257 e. The van der Waals surface area contributed by atoms with E-state index in [1.807, 2.05) is 0 Å². The van der Waals surface area contributed by atoms with Crippen molar-refractivity contribution >= 4 is 22.4 Å². The number of hydrogen-bond donors (Lipinski definition) is 1. The molecule has 0 bridgehead atoms. The molecule has 29 heavy (non-hydrogen) atoms. The lowest BCUT2D eigenvalue weighted by Crippen LogP contribution is -2.25. The first kappa shape index (κ1) is 21.4. The van der Waals surface area contributed by atoms with Crippen molar-refractivity contribution in [1.29, 1.82) is 0 Å². The van der Waals surface area contributed by atoms with E-state index in [4.69, 9.17) is 4.98 Å². The molecule has 0 saturated heterocycles. The van der Waals surface area contributed by atoms with Crippen molar-refractivity contribution in [3.8, 4) is 0 Å². The van der Waals surface area contributed by atoms with E-state index < -0.39 is 0 Å². The fraction of sp³-hybridized carbons (Fsp3) is 0.458. The monoisotopic (exact) mass is 409 g/mol. The smallest absolute Gasteiger partial charge is 0.257 e. The van der Waals surface area contributed by atoms with Crippen LogP contribution in [0.3, 0.4) is 0 Å². The molecule has 2 unspecified atom stereocenters. The number of rotatable bonds is 6. The standard InChI is InChI=1S/C24H31N3OS/c1-14(2)18-11-19(15(3)4)22(20(12-18)16(5)6)21-13-29-24(26-21)27-23(28)17-7-9-25-10-8-17/h7-16,19,22H,1-6H3,(H,26,27,28). The third-order valence-electron chi connectivity index (χ3n) is 5.57. The Morgan fingerprint density at radius 2 is 1.76 bits per heavy atom. The highest BCUT2D eigenvalue weighted by Crippen LogP contribution is 2.45. The van der Waals surface area contributed by atoms with E-state index in [1.165, 1.54) is 22.5 Å². The molecule has 3 rings (SSSR count). The predicted octanol–water partition coefficient (Wildman–Crippen LogP) is 6.32. The first-order valence-corrected chi connectivity index (χ1v) is 11.3. The first-order chi connectivity index (χ1) is 13.8. The van der Waals surface area contributed by atoms with E-state index in [9.17, 15) is 4.79 Å². The minimum absolute atomic E-state index is 0.154. The number of carbonyl (C=O) groups is 1. The zero-order valence-electron chi connectivity index (χ0n) is 18.1. The van der Waals surface area contributed by atoms with E-state index in [0.717, 1.165) is 5.69 Å². The minimum atomic E-state index is -0.154. The Bertz CT molecular complexity index is 909. The van der Waals surface area contributed by atoms with Gasteiger partial charge in [0.15, 0.2) is 5.13 Å². The van der Waals surface area contributed by atoms with E-state index in [0.29, 0.717) is 34.4 Å². The van der Waals surface area contributed by atoms with Crippen LogP contribution in [0.15, 0.2) is 53.2 Å². The highest BCUT2D eigenvalue weighted by molar-refractivity contribution is 7.14. The average Bonchev–Trinajstić information content (AvgIpc) is 3.15. The van der Waals surface area contributed by atoms with Crippen LogP contribution in [-0.2, 0) is 0 Å². The molecule has 1 N–H and O–H groups in total. The molecule has 0 spiro atoms. The van der Waals surface area contributed by atoms with Crippen LogP contribution in [0.2, 0.25) is 0 Å². The molecule has 2 aromatic heterocycles. The number of allylic oxidation sites excluding steroid dienone is 4. The molecule has 2 heterocycles. The molecular formula is C24H31N3OS. The zero-order chi connectivity index (χ0) is 21.1. The summed E-state index contributed by atoms with van der Waals surface area (Å²) in [6, 6.07) is 3.41. The highest BCUT2D eigenvalue weighted by atomic mass is 32.1. The Hall–Kier alpha value is -2.27. The normalized spacial score (nSPS) is 19.5. The molecule has 0 aromatic carbocycles. The van der Waals surface area contributed by atoms with Crippen LogP contribution in [0.25, 0.3) is 0 Å². The van der Waals surface area contributed by atoms with Crippen molar-refractivity contribution < 1.29 is 4.79 Å². The second kappa shape index (κ2) is 9.04. The molecule has 4 nitrogen and oxygen atoms in total. The quantitative estimate of drug-likeness (QED) is 0.607. The Labute approximate surface area is 178 Å². The van der Waals surface area contributed by atoms with Gasteiger partial charge in [0, 0.05) is 29.3 Å². The summed E-state index contributed by atoms with van der Waals surface area (Å²) < 4.78 is 0. The van der Waals surface area contributed by atoms with Gasteiger partial charge in [0.05, 0.1) is 5.69 Å². The maximum absolute atomic E-state index is 12.5. The Balaban J connectivity index is 1.90. The summed E-state index contributed by atoms with van der Waals surface area (Å²) >= 11 is 1.49. The summed E-state index contributed by atoms with van der Waals surface area (Å²) in [6.07, 6.45) is 8.07. The summed E-state index contributed by atoms with van der Waals surface area (Å²) in [5.74, 6) is 1.96. The van der Waals surface area contributed by atoms with E-state index in [2.05, 4.69) is 69.4 Å². The maximum atomic E-state index is 12.5. The molecule has 5 heteroatoms. The Morgan fingerprint density at radius 1 is 1.07 bits per heavy atom. The molecule has 154 valence electrons. The topological polar surface area (TPSA) is 54.9 Å². The number of carbonyl (C=O) groups excluding carboxylic acids is 1. The third-order valence-corrected chi connectivity index (χ3v) is 6.34. The number of hydrogen-bond acceptors (Lipinski definition) is 4. The highest BCUT2D eigenvalue weighted by Gasteiger charge is 2.34. The lowest BCUT2D eigenvalue weighted by Gasteiger charge is -2.35. The number of thiazole rings is 1. The fourth-order valence-corrected chi connectivity index (χ4v) is 4.60. The number of nitrogens with zero attached hydrogens (tertiary/aromatic N) is 2. The van der Waals surface area contributed by atoms with E-state index in [1.54, 1.807) is 24.5 Å². The molecule has 2 atom stereocenters. The molecule has 0 radical (unpaired) electrons. The number of amides is 1. The lowest BCUT2D eigenvalue weighted by atomic mass is 9.69. The van der Waals surface area contributed by atoms with Gasteiger partial charge in [-0.05, 0) is 41.4 Å². The van der Waals surface area contributed by atoms with Crippen molar-refractivity contribution in [2.75, 3.05) is 5.32 Å². The van der Waals surface area contributed by atoms with Crippen molar-refractivity contribution in [1.82, 2.24) is 9.97 Å². The van der Waals surface area contributed by atoms with Crippen molar-refractivity contribution in [3.05, 3.63) is 64.5 Å². The van der Waals surface area contributed by atoms with Gasteiger partial charge >= 0.3 is 0 Å².